The Morgan fingerprint density at radius 3 is 2.27 bits per heavy atom. The number of ether oxygens (including phenoxy) is 2. The first kappa shape index (κ1) is 37.1. The van der Waals surface area contributed by atoms with E-state index in [4.69, 9.17) is 29.5 Å². The van der Waals surface area contributed by atoms with E-state index in [-0.39, 0.29) is 19.0 Å². The van der Waals surface area contributed by atoms with Crippen LogP contribution in [0.2, 0.25) is 0 Å². The number of hydrogen-bond donors (Lipinski definition) is 2. The molecule has 0 amide bonds. The van der Waals surface area contributed by atoms with Crippen LogP contribution in [0.1, 0.15) is 88.0 Å². The minimum atomic E-state index is -0.801. The van der Waals surface area contributed by atoms with Crippen LogP contribution in [0, 0.1) is 0 Å². The van der Waals surface area contributed by atoms with Gasteiger partial charge in [0, 0.05) is 43.7 Å². The molecule has 3 aromatic rings. The Hall–Kier alpha value is -3.69. The number of piperidine rings is 1. The summed E-state index contributed by atoms with van der Waals surface area (Å²) >= 11 is 0. The molecular weight excluding hydrogens is 606 g/mol. The van der Waals surface area contributed by atoms with Gasteiger partial charge in [0.25, 0.3) is 6.47 Å². The highest BCUT2D eigenvalue weighted by molar-refractivity contribution is 5.85. The van der Waals surface area contributed by atoms with Crippen molar-refractivity contribution in [2.24, 2.45) is 0 Å². The Labute approximate surface area is 286 Å². The Kier molecular flexibility index (Phi) is 16.0. The lowest BCUT2D eigenvalue weighted by Gasteiger charge is -2.32. The largest absolute Gasteiger partial charge is 0.494 e. The van der Waals surface area contributed by atoms with E-state index < -0.39 is 5.97 Å². The number of fused-ring (bicyclic) bond motifs is 1. The van der Waals surface area contributed by atoms with Gasteiger partial charge in [0.05, 0.1) is 13.0 Å². The fraction of sp³-hybridized carbons (Fsp3) is 0.564. The fourth-order valence-electron chi connectivity index (χ4n) is 6.60. The third-order valence-electron chi connectivity index (χ3n) is 9.34. The second kappa shape index (κ2) is 20.6. The van der Waals surface area contributed by atoms with Crippen molar-refractivity contribution in [3.05, 3.63) is 65.4 Å². The van der Waals surface area contributed by atoms with Crippen LogP contribution < -0.4 is 9.47 Å². The summed E-state index contributed by atoms with van der Waals surface area (Å²) in [5.74, 6) is 1.02. The average Bonchev–Trinajstić information content (AvgIpc) is 3.38. The van der Waals surface area contributed by atoms with Gasteiger partial charge in [0.2, 0.25) is 0 Å². The Bertz CT molecular complexity index is 1380. The van der Waals surface area contributed by atoms with Gasteiger partial charge >= 0.3 is 5.97 Å². The molecule has 262 valence electrons. The molecule has 2 saturated heterocycles. The molecule has 0 spiro atoms. The zero-order valence-corrected chi connectivity index (χ0v) is 28.8. The van der Waals surface area contributed by atoms with Crippen LogP contribution in [-0.4, -0.2) is 89.4 Å². The monoisotopic (exact) mass is 661 g/mol. The molecule has 0 saturated carbocycles. The summed E-state index contributed by atoms with van der Waals surface area (Å²) in [4.78, 5) is 29.5. The summed E-state index contributed by atoms with van der Waals surface area (Å²) in [6.45, 7) is 9.49. The van der Waals surface area contributed by atoms with Gasteiger partial charge < -0.3 is 29.5 Å². The molecule has 2 aliphatic rings. The van der Waals surface area contributed by atoms with E-state index >= 15 is 0 Å². The normalized spacial score (nSPS) is 16.1. The SMILES string of the molecule is CCCCc1cc(OC2CCN(CCc3ccc(OCCCN4CCCCCC4)cc3)CC2)c2nc(CCC(=O)O)ccc2c1.O=CO. The highest BCUT2D eigenvalue weighted by Crippen LogP contribution is 2.30. The van der Waals surface area contributed by atoms with Gasteiger partial charge in [-0.25, -0.2) is 4.98 Å². The van der Waals surface area contributed by atoms with E-state index in [1.165, 1.54) is 49.9 Å². The highest BCUT2D eigenvalue weighted by atomic mass is 16.5. The molecule has 0 atom stereocenters. The van der Waals surface area contributed by atoms with Crippen LogP contribution in [0.15, 0.2) is 48.5 Å². The van der Waals surface area contributed by atoms with E-state index in [1.807, 2.05) is 6.07 Å². The van der Waals surface area contributed by atoms with E-state index in [2.05, 4.69) is 59.2 Å². The van der Waals surface area contributed by atoms with Crippen molar-refractivity contribution in [1.29, 1.82) is 0 Å². The third-order valence-corrected chi connectivity index (χ3v) is 9.34. The van der Waals surface area contributed by atoms with Gasteiger partial charge in [-0.2, -0.15) is 0 Å². The van der Waals surface area contributed by atoms with Crippen molar-refractivity contribution in [3.8, 4) is 11.5 Å². The first-order valence-corrected chi connectivity index (χ1v) is 18.0. The van der Waals surface area contributed by atoms with Gasteiger partial charge in [0.15, 0.2) is 0 Å². The molecule has 0 unspecified atom stereocenters. The number of carboxylic acids is 1. The first-order chi connectivity index (χ1) is 23.5. The molecule has 1 aromatic heterocycles. The Morgan fingerprint density at radius 2 is 1.58 bits per heavy atom. The molecule has 2 N–H and O–H groups in total. The number of carbonyl (C=O) groups is 2. The number of nitrogens with zero attached hydrogens (tertiary/aromatic N) is 3. The number of rotatable bonds is 16. The summed E-state index contributed by atoms with van der Waals surface area (Å²) in [6.07, 6.45) is 13.5. The zero-order valence-electron chi connectivity index (χ0n) is 28.8. The predicted octanol–water partition coefficient (Wildman–Crippen LogP) is 7.03. The fourth-order valence-corrected chi connectivity index (χ4v) is 6.60. The maximum atomic E-state index is 11.1. The van der Waals surface area contributed by atoms with Crippen molar-refractivity contribution in [1.82, 2.24) is 14.8 Å². The molecule has 2 aromatic carbocycles. The lowest BCUT2D eigenvalue weighted by molar-refractivity contribution is -0.137. The predicted molar refractivity (Wildman–Crippen MR) is 190 cm³/mol. The molecule has 0 radical (unpaired) electrons. The lowest BCUT2D eigenvalue weighted by Crippen LogP contribution is -2.39. The second-order valence-electron chi connectivity index (χ2n) is 13.1. The lowest BCUT2D eigenvalue weighted by atomic mass is 10.0. The molecule has 0 aliphatic carbocycles. The minimum absolute atomic E-state index is 0.0820. The Morgan fingerprint density at radius 1 is 0.875 bits per heavy atom. The van der Waals surface area contributed by atoms with Gasteiger partial charge in [-0.3, -0.25) is 9.59 Å². The molecule has 48 heavy (non-hydrogen) atoms. The summed E-state index contributed by atoms with van der Waals surface area (Å²) in [7, 11) is 0. The van der Waals surface area contributed by atoms with E-state index in [9.17, 15) is 4.79 Å². The van der Waals surface area contributed by atoms with E-state index in [0.29, 0.717) is 6.42 Å². The van der Waals surface area contributed by atoms with Crippen molar-refractivity contribution >= 4 is 23.3 Å². The van der Waals surface area contributed by atoms with E-state index in [0.717, 1.165) is 106 Å². The summed E-state index contributed by atoms with van der Waals surface area (Å²) < 4.78 is 12.7. The van der Waals surface area contributed by atoms with Crippen LogP contribution in [-0.2, 0) is 28.9 Å². The van der Waals surface area contributed by atoms with Crippen molar-refractivity contribution in [3.63, 3.8) is 0 Å². The number of hydrogen-bond acceptors (Lipinski definition) is 7. The number of benzene rings is 2. The molecule has 0 bridgehead atoms. The number of aryl methyl sites for hydroxylation is 2. The summed E-state index contributed by atoms with van der Waals surface area (Å²) in [5, 5.41) is 17.1. The van der Waals surface area contributed by atoms with Crippen molar-refractivity contribution in [2.75, 3.05) is 45.9 Å². The van der Waals surface area contributed by atoms with Crippen LogP contribution in [0.25, 0.3) is 10.9 Å². The number of pyridine rings is 1. The molecule has 2 aliphatic heterocycles. The van der Waals surface area contributed by atoms with Crippen LogP contribution >= 0.6 is 0 Å². The molecule has 3 heterocycles. The highest BCUT2D eigenvalue weighted by Gasteiger charge is 2.22. The van der Waals surface area contributed by atoms with Gasteiger partial charge in [0.1, 0.15) is 23.1 Å². The molecular formula is C39H55N3O6. The summed E-state index contributed by atoms with van der Waals surface area (Å²) in [5.41, 5.74) is 4.28. The molecule has 5 rings (SSSR count). The molecule has 9 nitrogen and oxygen atoms in total. The van der Waals surface area contributed by atoms with Gasteiger partial charge in [-0.05, 0) is 106 Å². The van der Waals surface area contributed by atoms with Crippen LogP contribution in [0.4, 0.5) is 0 Å². The van der Waals surface area contributed by atoms with Crippen molar-refractivity contribution in [2.45, 2.75) is 96.5 Å². The first-order valence-electron chi connectivity index (χ1n) is 18.0. The third kappa shape index (κ3) is 12.7. The average molecular weight is 662 g/mol. The quantitative estimate of drug-likeness (QED) is 0.123. The maximum absolute atomic E-state index is 11.1. The zero-order chi connectivity index (χ0) is 34.0. The molecule has 2 fully saturated rings. The maximum Gasteiger partial charge on any atom is 0.303 e. The van der Waals surface area contributed by atoms with Gasteiger partial charge in [-0.1, -0.05) is 44.4 Å². The number of carboxylic acid groups (broad SMARTS) is 2. The minimum Gasteiger partial charge on any atom is -0.494 e. The smallest absolute Gasteiger partial charge is 0.303 e. The standard InChI is InChI=1S/C38H53N3O4.CH2O2/c1-2-3-9-31-28-32-12-13-33(14-17-37(42)43)39-38(32)36(29-31)45-35-19-25-41(26-20-35)24-18-30-10-15-34(16-11-30)44-27-8-23-40-21-6-4-5-7-22-40;2-1-3/h10-13,15-16,28-29,35H,2-9,14,17-27H2,1H3,(H,42,43);1H,(H,2,3). The van der Waals surface area contributed by atoms with Crippen LogP contribution in [0.5, 0.6) is 11.5 Å². The Balaban J connectivity index is 0.00000167. The van der Waals surface area contributed by atoms with Crippen molar-refractivity contribution < 1.29 is 29.3 Å². The summed E-state index contributed by atoms with van der Waals surface area (Å²) in [6, 6.07) is 17.1. The molecule has 9 heteroatoms. The number of unbranched alkanes of at least 4 members (excludes halogenated alkanes) is 1. The second-order valence-corrected chi connectivity index (χ2v) is 13.1. The topological polar surface area (TPSA) is 112 Å². The van der Waals surface area contributed by atoms with Gasteiger partial charge in [-0.15, -0.1) is 0 Å². The van der Waals surface area contributed by atoms with Crippen LogP contribution in [0.3, 0.4) is 0 Å². The number of aliphatic carboxylic acids is 1. The number of aromatic nitrogens is 1. The van der Waals surface area contributed by atoms with E-state index in [1.54, 1.807) is 0 Å². The number of likely N-dealkylation sites (tertiary alicyclic amines) is 2.